The molecule has 0 radical (unpaired) electrons. The fourth-order valence-electron chi connectivity index (χ4n) is 2.27. The molecule has 0 aliphatic carbocycles. The van der Waals surface area contributed by atoms with Crippen LogP contribution in [0.15, 0.2) is 54.6 Å². The Hall–Kier alpha value is -3.22. The quantitative estimate of drug-likeness (QED) is 0.576. The van der Waals surface area contributed by atoms with Crippen LogP contribution in [0.4, 0.5) is 14.9 Å². The molecule has 2 rings (SSSR count). The summed E-state index contributed by atoms with van der Waals surface area (Å²) < 4.78 is 17.9. The second-order valence-electron chi connectivity index (χ2n) is 6.22. The highest BCUT2D eigenvalue weighted by Gasteiger charge is 2.26. The van der Waals surface area contributed by atoms with Gasteiger partial charge < -0.3 is 15.4 Å². The summed E-state index contributed by atoms with van der Waals surface area (Å²) >= 11 is 0. The summed E-state index contributed by atoms with van der Waals surface area (Å²) in [5, 5.41) is 5.17. The lowest BCUT2D eigenvalue weighted by Gasteiger charge is -2.21. The molecule has 0 spiro atoms. The fourth-order valence-corrected chi connectivity index (χ4v) is 2.27. The SMILES string of the molecule is CC(C)[C@@H](NC(=O)Nc1ccccc1)C(=O)OCC(=O)c1ccc(F)cc1. The smallest absolute Gasteiger partial charge is 0.329 e. The largest absolute Gasteiger partial charge is 0.456 e. The first-order valence-corrected chi connectivity index (χ1v) is 8.45. The molecule has 0 aliphatic heterocycles. The molecule has 2 amide bonds. The van der Waals surface area contributed by atoms with Gasteiger partial charge in [0.2, 0.25) is 0 Å². The molecule has 0 saturated heterocycles. The summed E-state index contributed by atoms with van der Waals surface area (Å²) in [4.78, 5) is 36.4. The predicted molar refractivity (Wildman–Crippen MR) is 98.9 cm³/mol. The van der Waals surface area contributed by atoms with E-state index in [4.69, 9.17) is 4.74 Å². The van der Waals surface area contributed by atoms with E-state index in [-0.39, 0.29) is 11.5 Å². The Morgan fingerprint density at radius 1 is 1.00 bits per heavy atom. The second-order valence-corrected chi connectivity index (χ2v) is 6.22. The van der Waals surface area contributed by atoms with E-state index in [1.807, 2.05) is 6.07 Å². The number of esters is 1. The zero-order valence-corrected chi connectivity index (χ0v) is 15.1. The molecular weight excluding hydrogens is 351 g/mol. The first kappa shape index (κ1) is 20.1. The third kappa shape index (κ3) is 6.22. The molecular formula is C20H21FN2O4. The zero-order chi connectivity index (χ0) is 19.8. The van der Waals surface area contributed by atoms with Crippen LogP contribution in [0.25, 0.3) is 0 Å². The number of ether oxygens (including phenoxy) is 1. The van der Waals surface area contributed by atoms with Gasteiger partial charge in [0.05, 0.1) is 0 Å². The molecule has 0 unspecified atom stereocenters. The third-order valence-corrected chi connectivity index (χ3v) is 3.75. The standard InChI is InChI=1S/C20H21FN2O4/c1-13(2)18(23-20(26)22-16-6-4-3-5-7-16)19(25)27-12-17(24)14-8-10-15(21)11-9-14/h3-11,13,18H,12H2,1-2H3,(H2,22,23,26)/t18-/m1/s1. The van der Waals surface area contributed by atoms with Gasteiger partial charge in [0.15, 0.2) is 12.4 Å². The maximum atomic E-state index is 12.9. The van der Waals surface area contributed by atoms with E-state index in [1.165, 1.54) is 12.1 Å². The summed E-state index contributed by atoms with van der Waals surface area (Å²) in [6.45, 7) is 3.00. The van der Waals surface area contributed by atoms with Gasteiger partial charge in [0.1, 0.15) is 11.9 Å². The second kappa shape index (κ2) is 9.47. The predicted octanol–water partition coefficient (Wildman–Crippen LogP) is 3.40. The summed E-state index contributed by atoms with van der Waals surface area (Å²) in [7, 11) is 0. The number of carbonyl (C=O) groups is 3. The number of carbonyl (C=O) groups excluding carboxylic acids is 3. The number of halogens is 1. The van der Waals surface area contributed by atoms with Gasteiger partial charge in [-0.1, -0.05) is 32.0 Å². The summed E-state index contributed by atoms with van der Waals surface area (Å²) in [6, 6.07) is 12.2. The van der Waals surface area contributed by atoms with Crippen molar-refractivity contribution < 1.29 is 23.5 Å². The number of benzene rings is 2. The minimum atomic E-state index is -0.922. The van der Waals surface area contributed by atoms with Crippen LogP contribution in [0, 0.1) is 11.7 Å². The van der Waals surface area contributed by atoms with Crippen LogP contribution in [-0.2, 0) is 9.53 Å². The number of Topliss-reactive ketones (excluding diaryl/α,β-unsaturated/α-hetero) is 1. The molecule has 7 heteroatoms. The number of urea groups is 1. The fraction of sp³-hybridized carbons (Fsp3) is 0.250. The van der Waals surface area contributed by atoms with E-state index in [0.29, 0.717) is 5.69 Å². The summed E-state index contributed by atoms with van der Waals surface area (Å²) in [5.74, 6) is -1.89. The minimum Gasteiger partial charge on any atom is -0.456 e. The van der Waals surface area contributed by atoms with Crippen molar-refractivity contribution in [3.8, 4) is 0 Å². The van der Waals surface area contributed by atoms with Gasteiger partial charge in [-0.3, -0.25) is 4.79 Å². The Kier molecular flexibility index (Phi) is 7.05. The molecule has 0 bridgehead atoms. The molecule has 2 N–H and O–H groups in total. The number of nitrogens with one attached hydrogen (secondary N) is 2. The lowest BCUT2D eigenvalue weighted by atomic mass is 10.1. The number of anilines is 1. The molecule has 0 saturated carbocycles. The van der Waals surface area contributed by atoms with Crippen molar-refractivity contribution in [2.45, 2.75) is 19.9 Å². The molecule has 142 valence electrons. The maximum absolute atomic E-state index is 12.9. The normalized spacial score (nSPS) is 11.6. The van der Waals surface area contributed by atoms with Crippen LogP contribution >= 0.6 is 0 Å². The van der Waals surface area contributed by atoms with Crippen molar-refractivity contribution in [1.29, 1.82) is 0 Å². The van der Waals surface area contributed by atoms with E-state index in [2.05, 4.69) is 10.6 Å². The third-order valence-electron chi connectivity index (χ3n) is 3.75. The number of para-hydroxylation sites is 1. The van der Waals surface area contributed by atoms with Crippen molar-refractivity contribution in [1.82, 2.24) is 5.32 Å². The van der Waals surface area contributed by atoms with Crippen LogP contribution in [0.1, 0.15) is 24.2 Å². The maximum Gasteiger partial charge on any atom is 0.329 e. The average molecular weight is 372 g/mol. The van der Waals surface area contributed by atoms with E-state index < -0.39 is 36.2 Å². The highest BCUT2D eigenvalue weighted by atomic mass is 19.1. The Labute approximate surface area is 156 Å². The lowest BCUT2D eigenvalue weighted by molar-refractivity contribution is -0.145. The monoisotopic (exact) mass is 372 g/mol. The number of hydrogen-bond acceptors (Lipinski definition) is 4. The van der Waals surface area contributed by atoms with Crippen molar-refractivity contribution in [2.75, 3.05) is 11.9 Å². The van der Waals surface area contributed by atoms with Crippen molar-refractivity contribution in [2.24, 2.45) is 5.92 Å². The van der Waals surface area contributed by atoms with Crippen LogP contribution in [0.2, 0.25) is 0 Å². The molecule has 0 aliphatic rings. The average Bonchev–Trinajstić information content (AvgIpc) is 2.65. The first-order valence-electron chi connectivity index (χ1n) is 8.45. The van der Waals surface area contributed by atoms with Crippen molar-refractivity contribution in [3.63, 3.8) is 0 Å². The van der Waals surface area contributed by atoms with Crippen LogP contribution < -0.4 is 10.6 Å². The Morgan fingerprint density at radius 3 is 2.22 bits per heavy atom. The molecule has 0 aromatic heterocycles. The Morgan fingerprint density at radius 2 is 1.63 bits per heavy atom. The topological polar surface area (TPSA) is 84.5 Å². The van der Waals surface area contributed by atoms with Gasteiger partial charge in [-0.15, -0.1) is 0 Å². The van der Waals surface area contributed by atoms with Gasteiger partial charge in [-0.05, 0) is 42.3 Å². The van der Waals surface area contributed by atoms with Gasteiger partial charge in [0, 0.05) is 11.3 Å². The van der Waals surface area contributed by atoms with E-state index in [1.54, 1.807) is 38.1 Å². The molecule has 0 heterocycles. The molecule has 2 aromatic carbocycles. The minimum absolute atomic E-state index is 0.236. The van der Waals surface area contributed by atoms with Crippen molar-refractivity contribution in [3.05, 3.63) is 66.0 Å². The van der Waals surface area contributed by atoms with E-state index >= 15 is 0 Å². The number of rotatable bonds is 7. The molecule has 2 aromatic rings. The molecule has 6 nitrogen and oxygen atoms in total. The molecule has 1 atom stereocenters. The summed E-state index contributed by atoms with van der Waals surface area (Å²) in [6.07, 6.45) is 0. The summed E-state index contributed by atoms with van der Waals surface area (Å²) in [5.41, 5.74) is 0.817. The lowest BCUT2D eigenvalue weighted by Crippen LogP contribution is -2.47. The zero-order valence-electron chi connectivity index (χ0n) is 15.1. The number of hydrogen-bond donors (Lipinski definition) is 2. The van der Waals surface area contributed by atoms with E-state index in [0.717, 1.165) is 12.1 Å². The van der Waals surface area contributed by atoms with Crippen LogP contribution in [0.3, 0.4) is 0 Å². The van der Waals surface area contributed by atoms with Gasteiger partial charge in [-0.2, -0.15) is 0 Å². The van der Waals surface area contributed by atoms with Crippen molar-refractivity contribution >= 4 is 23.5 Å². The Balaban J connectivity index is 1.91. The molecule has 0 fully saturated rings. The highest BCUT2D eigenvalue weighted by molar-refractivity contribution is 5.98. The van der Waals surface area contributed by atoms with Crippen LogP contribution in [-0.4, -0.2) is 30.4 Å². The van der Waals surface area contributed by atoms with Gasteiger partial charge in [-0.25, -0.2) is 14.0 Å². The molecule has 27 heavy (non-hydrogen) atoms. The van der Waals surface area contributed by atoms with Gasteiger partial charge >= 0.3 is 12.0 Å². The highest BCUT2D eigenvalue weighted by Crippen LogP contribution is 2.09. The Bertz CT molecular complexity index is 791. The van der Waals surface area contributed by atoms with E-state index in [9.17, 15) is 18.8 Å². The first-order chi connectivity index (χ1) is 12.9. The number of ketones is 1. The van der Waals surface area contributed by atoms with Crippen LogP contribution in [0.5, 0.6) is 0 Å². The van der Waals surface area contributed by atoms with Gasteiger partial charge in [0.25, 0.3) is 0 Å². The number of amides is 2.